The predicted octanol–water partition coefficient (Wildman–Crippen LogP) is 0.626. The average Bonchev–Trinajstić information content (AvgIpc) is 2.23. The van der Waals surface area contributed by atoms with E-state index in [1.807, 2.05) is 0 Å². The molecule has 0 rings (SSSR count). The Morgan fingerprint density at radius 2 is 1.93 bits per heavy atom. The van der Waals surface area contributed by atoms with Gasteiger partial charge in [0.05, 0.1) is 7.11 Å². The van der Waals surface area contributed by atoms with Crippen LogP contribution in [0.5, 0.6) is 0 Å². The van der Waals surface area contributed by atoms with Crippen LogP contribution >= 0.6 is 0 Å². The van der Waals surface area contributed by atoms with E-state index in [4.69, 9.17) is 4.74 Å². The highest BCUT2D eigenvalue weighted by molar-refractivity contribution is 6.08. The maximum absolute atomic E-state index is 11.4. The van der Waals surface area contributed by atoms with Crippen LogP contribution in [0.3, 0.4) is 0 Å². The number of rotatable bonds is 5. The number of ketones is 1. The van der Waals surface area contributed by atoms with E-state index < -0.39 is 23.3 Å². The lowest BCUT2D eigenvalue weighted by Crippen LogP contribution is -2.49. The smallest absolute Gasteiger partial charge is 0.358 e. The summed E-state index contributed by atoms with van der Waals surface area (Å²) in [6.07, 6.45) is 0.908. The van der Waals surface area contributed by atoms with E-state index in [-0.39, 0.29) is 6.42 Å². The van der Waals surface area contributed by atoms with E-state index in [0.717, 1.165) is 20.1 Å². The van der Waals surface area contributed by atoms with Gasteiger partial charge < -0.3 is 9.47 Å². The first-order valence-electron chi connectivity index (χ1n) is 4.39. The summed E-state index contributed by atoms with van der Waals surface area (Å²) in [5, 5.41) is 0. The van der Waals surface area contributed by atoms with Crippen molar-refractivity contribution in [1.29, 1.82) is 0 Å². The minimum atomic E-state index is -1.85. The van der Waals surface area contributed by atoms with E-state index >= 15 is 0 Å². The molecule has 0 aromatic rings. The highest BCUT2D eigenvalue weighted by Gasteiger charge is 2.46. The number of methoxy groups -OCH3 is 1. The van der Waals surface area contributed by atoms with Gasteiger partial charge in [0, 0.05) is 12.5 Å². The largest absolute Gasteiger partial charge is 0.466 e. The second-order valence-corrected chi connectivity index (χ2v) is 2.85. The van der Waals surface area contributed by atoms with Crippen LogP contribution in [0.15, 0.2) is 12.7 Å². The lowest BCUT2D eigenvalue weighted by Gasteiger charge is -2.26. The van der Waals surface area contributed by atoms with Crippen LogP contribution < -0.4 is 0 Å². The molecule has 0 aromatic carbocycles. The third-order valence-corrected chi connectivity index (χ3v) is 2.02. The fourth-order valence-electron chi connectivity index (χ4n) is 1.10. The molecule has 0 aliphatic heterocycles. The van der Waals surface area contributed by atoms with Crippen molar-refractivity contribution in [3.63, 3.8) is 0 Å². The Hall–Kier alpha value is -1.65. The molecule has 0 spiro atoms. The zero-order chi connectivity index (χ0) is 12.1. The molecule has 0 amide bonds. The Labute approximate surface area is 88.0 Å². The van der Waals surface area contributed by atoms with Crippen LogP contribution in [0.25, 0.3) is 0 Å². The van der Waals surface area contributed by atoms with Gasteiger partial charge in [0.25, 0.3) is 5.60 Å². The second-order valence-electron chi connectivity index (χ2n) is 2.85. The molecule has 0 fully saturated rings. The van der Waals surface area contributed by atoms with Crippen LogP contribution in [-0.2, 0) is 23.9 Å². The molecule has 0 saturated heterocycles. The van der Waals surface area contributed by atoms with Crippen molar-refractivity contribution in [3.05, 3.63) is 12.7 Å². The summed E-state index contributed by atoms with van der Waals surface area (Å²) in [7, 11) is 1.12. The van der Waals surface area contributed by atoms with Crippen molar-refractivity contribution in [2.24, 2.45) is 0 Å². The van der Waals surface area contributed by atoms with Gasteiger partial charge in [-0.05, 0) is 6.92 Å². The van der Waals surface area contributed by atoms with E-state index in [0.29, 0.717) is 0 Å². The number of carbonyl (C=O) groups excluding carboxylic acids is 3. The van der Waals surface area contributed by atoms with Crippen LogP contribution in [0.4, 0.5) is 0 Å². The summed E-state index contributed by atoms with van der Waals surface area (Å²) >= 11 is 0. The normalized spacial score (nSPS) is 13.5. The van der Waals surface area contributed by atoms with Gasteiger partial charge in [-0.2, -0.15) is 0 Å². The van der Waals surface area contributed by atoms with Crippen molar-refractivity contribution in [3.8, 4) is 0 Å². The highest BCUT2D eigenvalue weighted by atomic mass is 16.6. The lowest BCUT2D eigenvalue weighted by atomic mass is 9.96. The van der Waals surface area contributed by atoms with Crippen molar-refractivity contribution in [2.45, 2.75) is 25.9 Å². The van der Waals surface area contributed by atoms with Crippen molar-refractivity contribution in [1.82, 2.24) is 0 Å². The SMILES string of the molecule is C=CC(=O)OC(CC)(C(C)=O)C(=O)OC. The molecule has 5 heteroatoms. The van der Waals surface area contributed by atoms with Crippen LogP contribution in [0, 0.1) is 0 Å². The summed E-state index contributed by atoms with van der Waals surface area (Å²) < 4.78 is 9.21. The second kappa shape index (κ2) is 5.29. The van der Waals surface area contributed by atoms with Crippen molar-refractivity contribution >= 4 is 17.7 Å². The van der Waals surface area contributed by atoms with E-state index in [1.165, 1.54) is 0 Å². The standard InChI is InChI=1S/C10H14O5/c1-5-8(12)15-10(6-2,7(3)11)9(13)14-4/h5H,1,6H2,2-4H3. The first-order valence-corrected chi connectivity index (χ1v) is 4.39. The summed E-state index contributed by atoms with van der Waals surface area (Å²) in [4.78, 5) is 33.8. The molecule has 0 aliphatic carbocycles. The summed E-state index contributed by atoms with van der Waals surface area (Å²) in [5.74, 6) is -2.29. The van der Waals surface area contributed by atoms with Gasteiger partial charge in [-0.15, -0.1) is 0 Å². The Morgan fingerprint density at radius 3 is 2.20 bits per heavy atom. The number of Topliss-reactive ketones (excluding diaryl/α,β-unsaturated/α-hetero) is 1. The van der Waals surface area contributed by atoms with Crippen LogP contribution in [0.1, 0.15) is 20.3 Å². The van der Waals surface area contributed by atoms with Gasteiger partial charge >= 0.3 is 11.9 Å². The molecular formula is C10H14O5. The third kappa shape index (κ3) is 2.65. The molecule has 0 saturated carbocycles. The molecule has 0 aromatic heterocycles. The number of carbonyl (C=O) groups is 3. The van der Waals surface area contributed by atoms with Gasteiger partial charge in [0.2, 0.25) is 0 Å². The molecule has 1 unspecified atom stereocenters. The predicted molar refractivity (Wildman–Crippen MR) is 52.0 cm³/mol. The van der Waals surface area contributed by atoms with Crippen LogP contribution in [-0.4, -0.2) is 30.4 Å². The fraction of sp³-hybridized carbons (Fsp3) is 0.500. The van der Waals surface area contributed by atoms with Gasteiger partial charge in [0.1, 0.15) is 0 Å². The number of esters is 2. The molecule has 0 radical (unpaired) electrons. The maximum Gasteiger partial charge on any atom is 0.358 e. The minimum Gasteiger partial charge on any atom is -0.466 e. The number of hydrogen-bond donors (Lipinski definition) is 0. The first-order chi connectivity index (χ1) is 6.94. The lowest BCUT2D eigenvalue weighted by molar-refractivity contribution is -0.181. The summed E-state index contributed by atoms with van der Waals surface area (Å²) in [6, 6.07) is 0. The molecule has 15 heavy (non-hydrogen) atoms. The van der Waals surface area contributed by atoms with E-state index in [9.17, 15) is 14.4 Å². The van der Waals surface area contributed by atoms with Crippen molar-refractivity contribution < 1.29 is 23.9 Å². The molecule has 0 heterocycles. The van der Waals surface area contributed by atoms with E-state index in [1.54, 1.807) is 6.92 Å². The monoisotopic (exact) mass is 214 g/mol. The maximum atomic E-state index is 11.4. The van der Waals surface area contributed by atoms with Gasteiger partial charge in [-0.3, -0.25) is 4.79 Å². The summed E-state index contributed by atoms with van der Waals surface area (Å²) in [5.41, 5.74) is -1.85. The zero-order valence-electron chi connectivity index (χ0n) is 9.03. The van der Waals surface area contributed by atoms with Crippen molar-refractivity contribution in [2.75, 3.05) is 7.11 Å². The topological polar surface area (TPSA) is 69.7 Å². The first kappa shape index (κ1) is 13.4. The number of hydrogen-bond acceptors (Lipinski definition) is 5. The fourth-order valence-corrected chi connectivity index (χ4v) is 1.10. The molecule has 1 atom stereocenters. The third-order valence-electron chi connectivity index (χ3n) is 2.02. The zero-order valence-corrected chi connectivity index (χ0v) is 9.03. The Morgan fingerprint density at radius 1 is 1.40 bits per heavy atom. The molecule has 5 nitrogen and oxygen atoms in total. The highest BCUT2D eigenvalue weighted by Crippen LogP contribution is 2.20. The average molecular weight is 214 g/mol. The molecule has 84 valence electrons. The Bertz CT molecular complexity index is 294. The molecule has 0 bridgehead atoms. The molecule has 0 N–H and O–H groups in total. The minimum absolute atomic E-state index is 0.0224. The quantitative estimate of drug-likeness (QED) is 0.381. The number of ether oxygens (including phenoxy) is 2. The van der Waals surface area contributed by atoms with E-state index in [2.05, 4.69) is 11.3 Å². The summed E-state index contributed by atoms with van der Waals surface area (Å²) in [6.45, 7) is 5.90. The van der Waals surface area contributed by atoms with Gasteiger partial charge in [-0.25, -0.2) is 9.59 Å². The van der Waals surface area contributed by atoms with Gasteiger partial charge in [0.15, 0.2) is 5.78 Å². The molecular weight excluding hydrogens is 200 g/mol. The molecule has 0 aliphatic rings. The Kier molecular flexibility index (Phi) is 4.70. The van der Waals surface area contributed by atoms with Gasteiger partial charge in [-0.1, -0.05) is 13.5 Å². The van der Waals surface area contributed by atoms with Crippen LogP contribution in [0.2, 0.25) is 0 Å². The Balaban J connectivity index is 5.15.